The molecule has 0 saturated heterocycles. The first-order chi connectivity index (χ1) is 8.61. The van der Waals surface area contributed by atoms with Crippen LogP contribution < -0.4 is 0 Å². The maximum Gasteiger partial charge on any atom is 0.324 e. The summed E-state index contributed by atoms with van der Waals surface area (Å²) in [5.74, 6) is -1.91. The summed E-state index contributed by atoms with van der Waals surface area (Å²) in [6.07, 6.45) is 0. The van der Waals surface area contributed by atoms with Crippen LogP contribution in [-0.2, 0) is 20.4 Å². The van der Waals surface area contributed by atoms with Gasteiger partial charge in [0, 0.05) is 5.02 Å². The standard InChI is InChI=1S/C12H12ClNO4S/c1-12(2,11(15)16)19(17,18)7-9-4-3-8(6-14)5-10(9)13/h3-5H,7H2,1-2H3,(H,15,16). The summed E-state index contributed by atoms with van der Waals surface area (Å²) in [6.45, 7) is 2.25. The van der Waals surface area contributed by atoms with E-state index in [4.69, 9.17) is 22.0 Å². The second kappa shape index (κ2) is 5.19. The van der Waals surface area contributed by atoms with Crippen LogP contribution in [0.25, 0.3) is 0 Å². The van der Waals surface area contributed by atoms with Gasteiger partial charge in [-0.1, -0.05) is 17.7 Å². The van der Waals surface area contributed by atoms with Crippen molar-refractivity contribution >= 4 is 27.4 Å². The molecule has 19 heavy (non-hydrogen) atoms. The van der Waals surface area contributed by atoms with E-state index in [1.807, 2.05) is 6.07 Å². The Balaban J connectivity index is 3.17. The molecule has 7 heteroatoms. The highest BCUT2D eigenvalue weighted by atomic mass is 35.5. The number of carboxylic acid groups (broad SMARTS) is 1. The Bertz CT molecular complexity index is 659. The van der Waals surface area contributed by atoms with Crippen LogP contribution in [0.4, 0.5) is 0 Å². The topological polar surface area (TPSA) is 95.2 Å². The van der Waals surface area contributed by atoms with Crippen LogP contribution >= 0.6 is 11.6 Å². The lowest BCUT2D eigenvalue weighted by Crippen LogP contribution is -2.41. The lowest BCUT2D eigenvalue weighted by atomic mass is 10.2. The van der Waals surface area contributed by atoms with Crippen LogP contribution in [0.3, 0.4) is 0 Å². The first-order valence-corrected chi connectivity index (χ1v) is 7.29. The van der Waals surface area contributed by atoms with Gasteiger partial charge in [0.2, 0.25) is 0 Å². The van der Waals surface area contributed by atoms with Gasteiger partial charge < -0.3 is 5.11 Å². The van der Waals surface area contributed by atoms with Crippen molar-refractivity contribution in [1.82, 2.24) is 0 Å². The highest BCUT2D eigenvalue weighted by Gasteiger charge is 2.41. The molecule has 0 fully saturated rings. The Labute approximate surface area is 116 Å². The number of nitriles is 1. The number of aliphatic carboxylic acids is 1. The van der Waals surface area contributed by atoms with Crippen LogP contribution in [-0.4, -0.2) is 24.2 Å². The van der Waals surface area contributed by atoms with Gasteiger partial charge in [0.15, 0.2) is 14.6 Å². The summed E-state index contributed by atoms with van der Waals surface area (Å²) in [7, 11) is -3.92. The molecule has 0 spiro atoms. The lowest BCUT2D eigenvalue weighted by Gasteiger charge is -2.20. The molecule has 0 radical (unpaired) electrons. The molecule has 0 saturated carbocycles. The molecule has 102 valence electrons. The van der Waals surface area contributed by atoms with E-state index in [2.05, 4.69) is 0 Å². The third kappa shape index (κ3) is 3.06. The minimum absolute atomic E-state index is 0.129. The van der Waals surface area contributed by atoms with E-state index in [0.29, 0.717) is 5.56 Å². The Hall–Kier alpha value is -1.58. The van der Waals surface area contributed by atoms with Gasteiger partial charge in [-0.25, -0.2) is 8.42 Å². The van der Waals surface area contributed by atoms with Gasteiger partial charge in [-0.05, 0) is 31.5 Å². The summed E-state index contributed by atoms with van der Waals surface area (Å²) < 4.78 is 22.2. The minimum atomic E-state index is -3.92. The lowest BCUT2D eigenvalue weighted by molar-refractivity contribution is -0.139. The number of benzene rings is 1. The number of carboxylic acids is 1. The Morgan fingerprint density at radius 2 is 2.05 bits per heavy atom. The number of hydrogen-bond donors (Lipinski definition) is 1. The first kappa shape index (κ1) is 15.5. The molecule has 0 aliphatic carbocycles. The number of halogens is 1. The zero-order valence-electron chi connectivity index (χ0n) is 10.3. The normalized spacial score (nSPS) is 11.9. The fourth-order valence-electron chi connectivity index (χ4n) is 1.25. The maximum absolute atomic E-state index is 12.1. The molecule has 0 aliphatic rings. The molecule has 0 heterocycles. The molecule has 0 bridgehead atoms. The predicted octanol–water partition coefficient (Wildman–Crippen LogP) is 1.99. The fraction of sp³-hybridized carbons (Fsp3) is 0.333. The summed E-state index contributed by atoms with van der Waals surface area (Å²) >= 11 is 5.88. The van der Waals surface area contributed by atoms with Crippen molar-refractivity contribution in [2.45, 2.75) is 24.3 Å². The van der Waals surface area contributed by atoms with E-state index in [9.17, 15) is 13.2 Å². The average molecular weight is 302 g/mol. The van der Waals surface area contributed by atoms with E-state index in [0.717, 1.165) is 13.8 Å². The number of carbonyl (C=O) groups is 1. The van der Waals surface area contributed by atoms with Crippen molar-refractivity contribution in [3.05, 3.63) is 34.3 Å². The molecule has 1 N–H and O–H groups in total. The predicted molar refractivity (Wildman–Crippen MR) is 70.5 cm³/mol. The van der Waals surface area contributed by atoms with Gasteiger partial charge >= 0.3 is 5.97 Å². The summed E-state index contributed by atoms with van der Waals surface area (Å²) in [5.41, 5.74) is 0.582. The van der Waals surface area contributed by atoms with E-state index in [1.165, 1.54) is 18.2 Å². The van der Waals surface area contributed by atoms with Gasteiger partial charge in [-0.2, -0.15) is 5.26 Å². The quantitative estimate of drug-likeness (QED) is 0.917. The molecule has 0 aliphatic heterocycles. The van der Waals surface area contributed by atoms with Gasteiger partial charge in [-0.15, -0.1) is 0 Å². The van der Waals surface area contributed by atoms with Crippen molar-refractivity contribution in [3.63, 3.8) is 0 Å². The zero-order chi connectivity index (χ0) is 14.8. The molecule has 5 nitrogen and oxygen atoms in total. The van der Waals surface area contributed by atoms with Gasteiger partial charge in [0.05, 0.1) is 17.4 Å². The van der Waals surface area contributed by atoms with Gasteiger partial charge in [0.25, 0.3) is 0 Å². The largest absolute Gasteiger partial charge is 0.480 e. The first-order valence-electron chi connectivity index (χ1n) is 5.26. The van der Waals surface area contributed by atoms with Gasteiger partial charge in [-0.3, -0.25) is 4.79 Å². The van der Waals surface area contributed by atoms with Gasteiger partial charge in [0.1, 0.15) is 0 Å². The van der Waals surface area contributed by atoms with Crippen LogP contribution in [0.2, 0.25) is 5.02 Å². The van der Waals surface area contributed by atoms with E-state index >= 15 is 0 Å². The molecule has 0 aromatic heterocycles. The van der Waals surface area contributed by atoms with Crippen LogP contribution in [0, 0.1) is 11.3 Å². The average Bonchev–Trinajstić information content (AvgIpc) is 2.31. The van der Waals surface area contributed by atoms with E-state index < -0.39 is 26.3 Å². The summed E-state index contributed by atoms with van der Waals surface area (Å²) in [5, 5.41) is 17.8. The SMILES string of the molecule is CC(C)(C(=O)O)S(=O)(=O)Cc1ccc(C#N)cc1Cl. The smallest absolute Gasteiger partial charge is 0.324 e. The molecule has 0 atom stereocenters. The van der Waals surface area contributed by atoms with Crippen molar-refractivity contribution in [3.8, 4) is 6.07 Å². The number of rotatable bonds is 4. The Kier molecular flexibility index (Phi) is 4.23. The van der Waals surface area contributed by atoms with E-state index in [1.54, 1.807) is 0 Å². The second-order valence-electron chi connectivity index (χ2n) is 4.49. The minimum Gasteiger partial charge on any atom is -0.480 e. The monoisotopic (exact) mass is 301 g/mol. The number of sulfone groups is 1. The van der Waals surface area contributed by atoms with Crippen LogP contribution in [0.1, 0.15) is 25.0 Å². The van der Waals surface area contributed by atoms with Crippen LogP contribution in [0.15, 0.2) is 18.2 Å². The summed E-state index contributed by atoms with van der Waals surface area (Å²) in [6, 6.07) is 6.07. The molecule has 1 aromatic carbocycles. The molecule has 0 amide bonds. The Morgan fingerprint density at radius 3 is 2.47 bits per heavy atom. The second-order valence-corrected chi connectivity index (χ2v) is 7.44. The van der Waals surface area contributed by atoms with Crippen LogP contribution in [0.5, 0.6) is 0 Å². The molecule has 0 unspecified atom stereocenters. The zero-order valence-corrected chi connectivity index (χ0v) is 11.9. The Morgan fingerprint density at radius 1 is 1.47 bits per heavy atom. The highest BCUT2D eigenvalue weighted by molar-refractivity contribution is 7.92. The third-order valence-electron chi connectivity index (χ3n) is 2.82. The third-order valence-corrected chi connectivity index (χ3v) is 5.59. The molecule has 1 aromatic rings. The fourth-order valence-corrected chi connectivity index (χ4v) is 2.87. The summed E-state index contributed by atoms with van der Waals surface area (Å²) in [4.78, 5) is 11.0. The van der Waals surface area contributed by atoms with Crippen molar-refractivity contribution in [2.24, 2.45) is 0 Å². The molecular formula is C12H12ClNO4S. The highest BCUT2D eigenvalue weighted by Crippen LogP contribution is 2.26. The molecule has 1 rings (SSSR count). The van der Waals surface area contributed by atoms with Crippen molar-refractivity contribution in [2.75, 3.05) is 0 Å². The van der Waals surface area contributed by atoms with Crippen molar-refractivity contribution < 1.29 is 18.3 Å². The van der Waals surface area contributed by atoms with Crippen molar-refractivity contribution in [1.29, 1.82) is 5.26 Å². The molecular weight excluding hydrogens is 290 g/mol. The van der Waals surface area contributed by atoms with E-state index in [-0.39, 0.29) is 10.6 Å². The number of hydrogen-bond acceptors (Lipinski definition) is 4. The number of nitrogens with zero attached hydrogens (tertiary/aromatic N) is 1. The maximum atomic E-state index is 12.1.